The zero-order chi connectivity index (χ0) is 17.5. The monoisotopic (exact) mass is 350 g/mol. The Morgan fingerprint density at radius 3 is 2.29 bits per heavy atom. The van der Waals surface area contributed by atoms with Crippen molar-refractivity contribution in [2.75, 3.05) is 18.1 Å². The second-order valence-electron chi connectivity index (χ2n) is 6.51. The highest BCUT2D eigenvalue weighted by atomic mass is 32.2. The van der Waals surface area contributed by atoms with E-state index in [1.54, 1.807) is 31.2 Å². The number of nitrogens with zero attached hydrogens (tertiary/aromatic N) is 1. The molecular weight excluding hydrogens is 332 g/mol. The highest BCUT2D eigenvalue weighted by molar-refractivity contribution is 7.91. The molecule has 2 aliphatic rings. The molecule has 0 spiro atoms. The van der Waals surface area contributed by atoms with E-state index in [2.05, 4.69) is 5.32 Å². The largest absolute Gasteiger partial charge is 0.350 e. The van der Waals surface area contributed by atoms with Crippen molar-refractivity contribution >= 4 is 27.6 Å². The molecule has 1 atom stereocenters. The van der Waals surface area contributed by atoms with Crippen LogP contribution in [0.3, 0.4) is 0 Å². The van der Waals surface area contributed by atoms with Crippen LogP contribution in [0.5, 0.6) is 0 Å². The van der Waals surface area contributed by atoms with E-state index in [0.717, 1.165) is 4.90 Å². The summed E-state index contributed by atoms with van der Waals surface area (Å²) >= 11 is 0. The molecule has 1 fully saturated rings. The van der Waals surface area contributed by atoms with Gasteiger partial charge in [0.2, 0.25) is 5.91 Å². The van der Waals surface area contributed by atoms with Crippen molar-refractivity contribution in [1.82, 2.24) is 10.2 Å². The number of imide groups is 1. The molecule has 128 valence electrons. The summed E-state index contributed by atoms with van der Waals surface area (Å²) in [7, 11) is -3.12. The summed E-state index contributed by atoms with van der Waals surface area (Å²) in [6.07, 6.45) is 0.315. The lowest BCUT2D eigenvalue weighted by Crippen LogP contribution is -2.47. The molecule has 1 saturated heterocycles. The molecule has 2 aliphatic heterocycles. The van der Waals surface area contributed by atoms with Crippen molar-refractivity contribution < 1.29 is 22.8 Å². The maximum Gasteiger partial charge on any atom is 0.261 e. The Kier molecular flexibility index (Phi) is 3.95. The van der Waals surface area contributed by atoms with Crippen LogP contribution in [-0.2, 0) is 14.6 Å². The molecule has 3 rings (SSSR count). The molecule has 0 radical (unpaired) electrons. The van der Waals surface area contributed by atoms with Crippen molar-refractivity contribution in [3.05, 3.63) is 35.4 Å². The molecule has 1 N–H and O–H groups in total. The third kappa shape index (κ3) is 3.06. The zero-order valence-electron chi connectivity index (χ0n) is 13.2. The van der Waals surface area contributed by atoms with Gasteiger partial charge in [-0.25, -0.2) is 8.42 Å². The SMILES string of the molecule is C[C@@]1(NC(=O)CCN2C(=O)c3ccccc3C2=O)CCS(=O)(=O)C1. The summed E-state index contributed by atoms with van der Waals surface area (Å²) in [6.45, 7) is 1.67. The number of nitrogens with one attached hydrogen (secondary N) is 1. The van der Waals surface area contributed by atoms with Gasteiger partial charge in [0, 0.05) is 13.0 Å². The smallest absolute Gasteiger partial charge is 0.261 e. The van der Waals surface area contributed by atoms with Crippen molar-refractivity contribution in [3.8, 4) is 0 Å². The van der Waals surface area contributed by atoms with Gasteiger partial charge in [-0.1, -0.05) is 12.1 Å². The highest BCUT2D eigenvalue weighted by Gasteiger charge is 2.40. The van der Waals surface area contributed by atoms with Gasteiger partial charge < -0.3 is 5.32 Å². The molecule has 0 aromatic heterocycles. The topological polar surface area (TPSA) is 101 Å². The fraction of sp³-hybridized carbons (Fsp3) is 0.438. The molecule has 0 unspecified atom stereocenters. The summed E-state index contributed by atoms with van der Waals surface area (Å²) in [5.74, 6) is -1.21. The highest BCUT2D eigenvalue weighted by Crippen LogP contribution is 2.24. The summed E-state index contributed by atoms with van der Waals surface area (Å²) in [5.41, 5.74) is -0.0914. The van der Waals surface area contributed by atoms with E-state index in [0.29, 0.717) is 17.5 Å². The Bertz CT molecular complexity index is 798. The first-order chi connectivity index (χ1) is 11.2. The van der Waals surface area contributed by atoms with Gasteiger partial charge in [-0.15, -0.1) is 0 Å². The normalized spacial score (nSPS) is 25.0. The van der Waals surface area contributed by atoms with Crippen LogP contribution in [0.25, 0.3) is 0 Å². The average molecular weight is 350 g/mol. The lowest BCUT2D eigenvalue weighted by molar-refractivity contribution is -0.122. The molecular formula is C16H18N2O5S. The molecule has 2 heterocycles. The van der Waals surface area contributed by atoms with Gasteiger partial charge in [0.15, 0.2) is 9.84 Å². The number of carbonyl (C=O) groups is 3. The fourth-order valence-corrected chi connectivity index (χ4v) is 5.26. The van der Waals surface area contributed by atoms with Gasteiger partial charge in [0.05, 0.1) is 28.2 Å². The van der Waals surface area contributed by atoms with Crippen molar-refractivity contribution in [2.45, 2.75) is 25.3 Å². The number of hydrogen-bond donors (Lipinski definition) is 1. The van der Waals surface area contributed by atoms with E-state index in [9.17, 15) is 22.8 Å². The first-order valence-electron chi connectivity index (χ1n) is 7.67. The summed E-state index contributed by atoms with van der Waals surface area (Å²) in [6, 6.07) is 6.53. The minimum absolute atomic E-state index is 0.0268. The Morgan fingerprint density at radius 2 is 1.79 bits per heavy atom. The van der Waals surface area contributed by atoms with Crippen LogP contribution in [0.15, 0.2) is 24.3 Å². The van der Waals surface area contributed by atoms with Crippen LogP contribution < -0.4 is 5.32 Å². The van der Waals surface area contributed by atoms with Gasteiger partial charge in [0.1, 0.15) is 0 Å². The standard InChI is InChI=1S/C16H18N2O5S/c1-16(7-9-24(22,23)10-16)17-13(19)6-8-18-14(20)11-4-2-3-5-12(11)15(18)21/h2-5H,6-10H2,1H3,(H,17,19)/t16-/m1/s1. The number of amides is 3. The van der Waals surface area contributed by atoms with Gasteiger partial charge in [-0.2, -0.15) is 0 Å². The van der Waals surface area contributed by atoms with Crippen LogP contribution in [-0.4, -0.2) is 54.6 Å². The maximum atomic E-state index is 12.2. The van der Waals surface area contributed by atoms with Crippen LogP contribution >= 0.6 is 0 Å². The van der Waals surface area contributed by atoms with Crippen LogP contribution in [0.4, 0.5) is 0 Å². The van der Waals surface area contributed by atoms with E-state index in [4.69, 9.17) is 0 Å². The number of fused-ring (bicyclic) bond motifs is 1. The number of benzene rings is 1. The second-order valence-corrected chi connectivity index (χ2v) is 8.69. The van der Waals surface area contributed by atoms with E-state index in [-0.39, 0.29) is 30.4 Å². The van der Waals surface area contributed by atoms with E-state index >= 15 is 0 Å². The molecule has 7 nitrogen and oxygen atoms in total. The third-order valence-electron chi connectivity index (χ3n) is 4.39. The van der Waals surface area contributed by atoms with Gasteiger partial charge in [0.25, 0.3) is 11.8 Å². The Balaban J connectivity index is 1.60. The molecule has 3 amide bonds. The van der Waals surface area contributed by atoms with Crippen molar-refractivity contribution in [1.29, 1.82) is 0 Å². The molecule has 1 aromatic carbocycles. The Morgan fingerprint density at radius 1 is 1.21 bits per heavy atom. The lowest BCUT2D eigenvalue weighted by atomic mass is 10.0. The third-order valence-corrected chi connectivity index (χ3v) is 6.29. The second kappa shape index (κ2) is 5.70. The predicted octanol–water partition coefficient (Wildman–Crippen LogP) is 0.366. The van der Waals surface area contributed by atoms with Crippen LogP contribution in [0, 0.1) is 0 Å². The molecule has 0 saturated carbocycles. The van der Waals surface area contributed by atoms with E-state index in [1.807, 2.05) is 0 Å². The summed E-state index contributed by atoms with van der Waals surface area (Å²) in [5, 5.41) is 2.72. The molecule has 24 heavy (non-hydrogen) atoms. The number of rotatable bonds is 4. The molecule has 0 aliphatic carbocycles. The van der Waals surface area contributed by atoms with Gasteiger partial charge in [-0.3, -0.25) is 19.3 Å². The fourth-order valence-electron chi connectivity index (χ4n) is 3.16. The Labute approximate surface area is 139 Å². The van der Waals surface area contributed by atoms with Gasteiger partial charge >= 0.3 is 0 Å². The van der Waals surface area contributed by atoms with Crippen molar-refractivity contribution in [3.63, 3.8) is 0 Å². The zero-order valence-corrected chi connectivity index (χ0v) is 14.1. The molecule has 8 heteroatoms. The maximum absolute atomic E-state index is 12.2. The lowest BCUT2D eigenvalue weighted by Gasteiger charge is -2.24. The average Bonchev–Trinajstić information content (AvgIpc) is 2.92. The van der Waals surface area contributed by atoms with Crippen LogP contribution in [0.2, 0.25) is 0 Å². The van der Waals surface area contributed by atoms with Crippen LogP contribution in [0.1, 0.15) is 40.5 Å². The number of carbonyl (C=O) groups excluding carboxylic acids is 3. The minimum atomic E-state index is -3.12. The minimum Gasteiger partial charge on any atom is -0.350 e. The number of sulfone groups is 1. The predicted molar refractivity (Wildman–Crippen MR) is 86.2 cm³/mol. The molecule has 0 bridgehead atoms. The van der Waals surface area contributed by atoms with E-state index in [1.165, 1.54) is 0 Å². The van der Waals surface area contributed by atoms with Gasteiger partial charge in [-0.05, 0) is 25.5 Å². The van der Waals surface area contributed by atoms with E-state index < -0.39 is 27.2 Å². The molecule has 1 aromatic rings. The first-order valence-corrected chi connectivity index (χ1v) is 9.50. The quantitative estimate of drug-likeness (QED) is 0.791. The summed E-state index contributed by atoms with van der Waals surface area (Å²) < 4.78 is 23.1. The number of hydrogen-bond acceptors (Lipinski definition) is 5. The van der Waals surface area contributed by atoms with Crippen molar-refractivity contribution in [2.24, 2.45) is 0 Å². The Hall–Kier alpha value is -2.22. The first kappa shape index (κ1) is 16.6. The summed E-state index contributed by atoms with van der Waals surface area (Å²) in [4.78, 5) is 37.6.